The van der Waals surface area contributed by atoms with Gasteiger partial charge >= 0.3 is 5.97 Å². The summed E-state index contributed by atoms with van der Waals surface area (Å²) in [5, 5.41) is 11.7. The van der Waals surface area contributed by atoms with E-state index in [9.17, 15) is 19.6 Å². The lowest BCUT2D eigenvalue weighted by Gasteiger charge is -2.20. The molecule has 0 saturated carbocycles. The van der Waals surface area contributed by atoms with Gasteiger partial charge in [-0.05, 0) is 25.2 Å². The van der Waals surface area contributed by atoms with Crippen molar-refractivity contribution in [3.8, 4) is 0 Å². The molecule has 1 amide bonds. The second kappa shape index (κ2) is 11.7. The van der Waals surface area contributed by atoms with Crippen LogP contribution >= 0.6 is 11.9 Å². The Hall–Kier alpha value is -1.84. The number of hydrogen-bond acceptors (Lipinski definition) is 6. The van der Waals surface area contributed by atoms with E-state index < -0.39 is 23.8 Å². The number of carboxylic acid groups (broad SMARTS) is 1. The number of carbonyl (C=O) groups is 2. The number of carboxylic acids is 1. The number of nitrogens with two attached hydrogens (primary N) is 2. The van der Waals surface area contributed by atoms with Crippen LogP contribution in [0.3, 0.4) is 0 Å². The Kier molecular flexibility index (Phi) is 10.8. The molecule has 2 atom stereocenters. The van der Waals surface area contributed by atoms with Crippen molar-refractivity contribution in [1.29, 1.82) is 0 Å². The van der Waals surface area contributed by atoms with Gasteiger partial charge in [-0.15, -0.1) is 4.91 Å². The zero-order valence-electron chi connectivity index (χ0n) is 13.4. The number of aliphatic carboxylic acids is 1. The predicted molar refractivity (Wildman–Crippen MR) is 90.7 cm³/mol. The topological polar surface area (TPSA) is 160 Å². The third-order valence-electron chi connectivity index (χ3n) is 3.03. The molecule has 0 aliphatic carbocycles. The van der Waals surface area contributed by atoms with Crippen LogP contribution in [0.2, 0.25) is 0 Å². The first-order chi connectivity index (χ1) is 10.8. The van der Waals surface area contributed by atoms with Crippen molar-refractivity contribution in [1.82, 2.24) is 5.32 Å². The highest BCUT2D eigenvalue weighted by Gasteiger charge is 2.26. The van der Waals surface area contributed by atoms with Crippen molar-refractivity contribution in [2.24, 2.45) is 32.9 Å². The van der Waals surface area contributed by atoms with Crippen molar-refractivity contribution in [2.75, 3.05) is 12.3 Å². The number of carbonyl (C=O) groups excluding carboxylic acids is 1. The van der Waals surface area contributed by atoms with E-state index in [0.717, 1.165) is 11.9 Å². The highest BCUT2D eigenvalue weighted by Crippen LogP contribution is 2.16. The number of aliphatic imine (C=N–C) groups is 1. The molecule has 0 radical (unpaired) electrons. The minimum Gasteiger partial charge on any atom is -0.480 e. The Morgan fingerprint density at radius 3 is 2.43 bits per heavy atom. The van der Waals surface area contributed by atoms with E-state index in [-0.39, 0.29) is 17.6 Å². The molecule has 6 N–H and O–H groups in total. The van der Waals surface area contributed by atoms with Gasteiger partial charge < -0.3 is 21.9 Å². The first kappa shape index (κ1) is 21.2. The Balaban J connectivity index is 4.66. The highest BCUT2D eigenvalue weighted by molar-refractivity contribution is 7.97. The molecule has 10 heteroatoms. The number of amides is 1. The summed E-state index contributed by atoms with van der Waals surface area (Å²) < 4.78 is 2.68. The smallest absolute Gasteiger partial charge is 0.326 e. The Morgan fingerprint density at radius 2 is 1.96 bits per heavy atom. The lowest BCUT2D eigenvalue weighted by Crippen LogP contribution is -2.44. The van der Waals surface area contributed by atoms with E-state index in [1.54, 1.807) is 0 Å². The number of nitroso groups, excluding NO2 is 1. The zero-order valence-corrected chi connectivity index (χ0v) is 14.2. The molecule has 0 aliphatic heterocycles. The largest absolute Gasteiger partial charge is 0.480 e. The second-order valence-corrected chi connectivity index (χ2v) is 6.29. The van der Waals surface area contributed by atoms with E-state index in [2.05, 4.69) is 14.9 Å². The maximum absolute atomic E-state index is 12.3. The molecule has 132 valence electrons. The molecule has 0 spiro atoms. The van der Waals surface area contributed by atoms with Gasteiger partial charge in [-0.1, -0.05) is 13.8 Å². The number of guanidine groups is 1. The normalized spacial score (nSPS) is 13.2. The summed E-state index contributed by atoms with van der Waals surface area (Å²) in [6, 6.07) is -0.947. The summed E-state index contributed by atoms with van der Waals surface area (Å²) in [5.74, 6) is -1.72. The van der Waals surface area contributed by atoms with Gasteiger partial charge in [0.25, 0.3) is 0 Å². The first-order valence-corrected chi connectivity index (χ1v) is 8.25. The predicted octanol–water partition coefficient (Wildman–Crippen LogP) is 0.686. The first-order valence-electron chi connectivity index (χ1n) is 7.31. The molecule has 0 fully saturated rings. The van der Waals surface area contributed by atoms with Crippen LogP contribution in [-0.4, -0.2) is 41.3 Å². The molecule has 0 bridgehead atoms. The lowest BCUT2D eigenvalue weighted by atomic mass is 10.0. The molecule has 0 aromatic rings. The Morgan fingerprint density at radius 1 is 1.30 bits per heavy atom. The van der Waals surface area contributed by atoms with Crippen LogP contribution in [0, 0.1) is 16.7 Å². The summed E-state index contributed by atoms with van der Waals surface area (Å²) in [4.78, 5) is 37.5. The van der Waals surface area contributed by atoms with Crippen LogP contribution in [0.1, 0.15) is 33.1 Å². The maximum atomic E-state index is 12.3. The molecule has 0 unspecified atom stereocenters. The second-order valence-electron chi connectivity index (χ2n) is 5.55. The number of hydrogen-bond donors (Lipinski definition) is 4. The number of rotatable bonds is 12. The fourth-order valence-electron chi connectivity index (χ4n) is 1.94. The summed E-state index contributed by atoms with van der Waals surface area (Å²) in [6.45, 7) is 4.11. The van der Waals surface area contributed by atoms with Crippen molar-refractivity contribution in [3.63, 3.8) is 0 Å². The van der Waals surface area contributed by atoms with Crippen molar-refractivity contribution in [2.45, 2.75) is 39.2 Å². The minimum atomic E-state index is -1.08. The van der Waals surface area contributed by atoms with Crippen molar-refractivity contribution >= 4 is 29.8 Å². The monoisotopic (exact) mass is 347 g/mol. The summed E-state index contributed by atoms with van der Waals surface area (Å²) in [7, 11) is 0. The third kappa shape index (κ3) is 10.5. The lowest BCUT2D eigenvalue weighted by molar-refractivity contribution is -0.142. The third-order valence-corrected chi connectivity index (χ3v) is 3.68. The molecule has 0 rings (SSSR count). The fourth-order valence-corrected chi connectivity index (χ4v) is 2.50. The van der Waals surface area contributed by atoms with Gasteiger partial charge in [0.05, 0.1) is 0 Å². The zero-order chi connectivity index (χ0) is 17.8. The standard InChI is InChI=1S/C13H25N5O4S/c1-8(2)6-10(12(20)21)17-11(19)9(7-23-18-22)4-3-5-16-13(14)15/h8-10H,3-7H2,1-2H3,(H,17,19)(H,20,21)(H4,14,15,16)/t9-,10+/m1/s1. The Bertz CT molecular complexity index is 427. The van der Waals surface area contributed by atoms with Gasteiger partial charge in [0.2, 0.25) is 5.91 Å². The van der Waals surface area contributed by atoms with Crippen LogP contribution < -0.4 is 16.8 Å². The molecule has 23 heavy (non-hydrogen) atoms. The van der Waals surface area contributed by atoms with Gasteiger partial charge in [0.1, 0.15) is 6.04 Å². The van der Waals surface area contributed by atoms with Crippen LogP contribution in [0.15, 0.2) is 9.57 Å². The van der Waals surface area contributed by atoms with Gasteiger partial charge in [-0.25, -0.2) is 4.79 Å². The van der Waals surface area contributed by atoms with E-state index in [1.807, 2.05) is 13.8 Å². The van der Waals surface area contributed by atoms with Gasteiger partial charge in [-0.2, -0.15) is 0 Å². The molecule has 0 aliphatic rings. The highest BCUT2D eigenvalue weighted by atomic mass is 32.2. The summed E-state index contributed by atoms with van der Waals surface area (Å²) in [6.07, 6.45) is 1.30. The number of nitrogens with zero attached hydrogens (tertiary/aromatic N) is 2. The molecular formula is C13H25N5O4S. The van der Waals surface area contributed by atoms with E-state index in [0.29, 0.717) is 25.8 Å². The van der Waals surface area contributed by atoms with E-state index >= 15 is 0 Å². The van der Waals surface area contributed by atoms with Gasteiger partial charge in [0, 0.05) is 34.7 Å². The van der Waals surface area contributed by atoms with Gasteiger partial charge in [0.15, 0.2) is 5.96 Å². The van der Waals surface area contributed by atoms with Crippen LogP contribution in [0.4, 0.5) is 0 Å². The molecular weight excluding hydrogens is 322 g/mol. The van der Waals surface area contributed by atoms with E-state index in [4.69, 9.17) is 11.5 Å². The van der Waals surface area contributed by atoms with Crippen molar-refractivity contribution in [3.05, 3.63) is 4.91 Å². The van der Waals surface area contributed by atoms with Crippen LogP contribution in [0.5, 0.6) is 0 Å². The van der Waals surface area contributed by atoms with Crippen LogP contribution in [-0.2, 0) is 9.59 Å². The summed E-state index contributed by atoms with van der Waals surface area (Å²) >= 11 is 0.734. The minimum absolute atomic E-state index is 0.0298. The maximum Gasteiger partial charge on any atom is 0.326 e. The average molecular weight is 347 g/mol. The SMILES string of the molecule is CC(C)C[C@H](NC(=O)[C@H](CCCN=C(N)N)CSN=O)C(=O)O. The quantitative estimate of drug-likeness (QED) is 0.133. The van der Waals surface area contributed by atoms with Crippen LogP contribution in [0.25, 0.3) is 0 Å². The summed E-state index contributed by atoms with van der Waals surface area (Å²) in [5.41, 5.74) is 10.4. The average Bonchev–Trinajstić information content (AvgIpc) is 2.44. The molecule has 0 heterocycles. The fraction of sp³-hybridized carbons (Fsp3) is 0.769. The van der Waals surface area contributed by atoms with Crippen molar-refractivity contribution < 1.29 is 14.7 Å². The molecule has 0 aromatic heterocycles. The molecule has 0 saturated heterocycles. The van der Waals surface area contributed by atoms with Gasteiger partial charge in [-0.3, -0.25) is 9.79 Å². The molecule has 9 nitrogen and oxygen atoms in total. The molecule has 0 aromatic carbocycles. The number of nitrogens with one attached hydrogen (secondary N) is 1. The Labute approximate surface area is 139 Å². The van der Waals surface area contributed by atoms with E-state index in [1.165, 1.54) is 0 Å².